The Morgan fingerprint density at radius 2 is 0.757 bits per heavy atom. The van der Waals surface area contributed by atoms with E-state index in [0.717, 1.165) is 19.3 Å². The normalized spacial score (nSPS) is 11.7. The van der Waals surface area contributed by atoms with E-state index in [9.17, 15) is 4.79 Å². The van der Waals surface area contributed by atoms with Crippen LogP contribution in [-0.4, -0.2) is 12.6 Å². The molecule has 0 aliphatic heterocycles. The van der Waals surface area contributed by atoms with Gasteiger partial charge in [-0.15, -0.1) is 0 Å². The Morgan fingerprint density at radius 1 is 0.432 bits per heavy atom. The monoisotopic (exact) mass is 519 g/mol. The second kappa shape index (κ2) is 33.0. The lowest BCUT2D eigenvalue weighted by Gasteiger charge is -2.04. The van der Waals surface area contributed by atoms with E-state index < -0.39 is 0 Å². The molecule has 0 aromatic heterocycles. The molecule has 0 heterocycles. The van der Waals surface area contributed by atoms with Crippen molar-refractivity contribution in [2.45, 2.75) is 187 Å². The second-order valence-corrected chi connectivity index (χ2v) is 11.1. The van der Waals surface area contributed by atoms with Crippen molar-refractivity contribution in [3.63, 3.8) is 0 Å². The van der Waals surface area contributed by atoms with Crippen molar-refractivity contribution in [3.8, 4) is 0 Å². The zero-order valence-corrected chi connectivity index (χ0v) is 25.4. The van der Waals surface area contributed by atoms with Crippen molar-refractivity contribution in [1.29, 1.82) is 0 Å². The Hall–Kier alpha value is -1.05. The van der Waals surface area contributed by atoms with Crippen molar-refractivity contribution in [3.05, 3.63) is 24.3 Å². The number of carbonyl (C=O) groups is 1. The molecule has 0 rings (SSSR count). The first-order valence-corrected chi connectivity index (χ1v) is 16.8. The predicted molar refractivity (Wildman–Crippen MR) is 165 cm³/mol. The molecule has 0 atom stereocenters. The molecular formula is C35H66O2. The molecule has 0 spiro atoms. The predicted octanol–water partition coefficient (Wildman–Crippen LogP) is 12.2. The molecular weight excluding hydrogens is 452 g/mol. The van der Waals surface area contributed by atoms with E-state index in [2.05, 4.69) is 38.2 Å². The smallest absolute Gasteiger partial charge is 0.305 e. The summed E-state index contributed by atoms with van der Waals surface area (Å²) in [6, 6.07) is 0. The molecule has 0 aliphatic carbocycles. The molecule has 0 fully saturated rings. The molecule has 0 N–H and O–H groups in total. The van der Waals surface area contributed by atoms with E-state index >= 15 is 0 Å². The lowest BCUT2D eigenvalue weighted by Crippen LogP contribution is -2.05. The fraction of sp³-hybridized carbons (Fsp3) is 0.857. The van der Waals surface area contributed by atoms with Crippen LogP contribution in [0.2, 0.25) is 0 Å². The number of hydrogen-bond donors (Lipinski definition) is 0. The summed E-state index contributed by atoms with van der Waals surface area (Å²) in [4.78, 5) is 11.9. The maximum absolute atomic E-state index is 11.9. The third-order valence-corrected chi connectivity index (χ3v) is 7.31. The van der Waals surface area contributed by atoms with Gasteiger partial charge in [-0.3, -0.25) is 4.79 Å². The van der Waals surface area contributed by atoms with Crippen molar-refractivity contribution in [2.75, 3.05) is 6.61 Å². The van der Waals surface area contributed by atoms with Crippen LogP contribution in [0, 0.1) is 0 Å². The summed E-state index contributed by atoms with van der Waals surface area (Å²) in [5.74, 6) is -0.000892. The number of allylic oxidation sites excluding steroid dienone is 4. The van der Waals surface area contributed by atoms with Crippen LogP contribution in [0.1, 0.15) is 187 Å². The van der Waals surface area contributed by atoms with Gasteiger partial charge in [-0.2, -0.15) is 0 Å². The molecule has 0 saturated heterocycles. The molecule has 0 radical (unpaired) electrons. The van der Waals surface area contributed by atoms with Gasteiger partial charge in [0.15, 0.2) is 0 Å². The minimum absolute atomic E-state index is 0.000892. The first-order valence-electron chi connectivity index (χ1n) is 16.8. The quantitative estimate of drug-likeness (QED) is 0.0537. The van der Waals surface area contributed by atoms with Gasteiger partial charge in [0, 0.05) is 6.42 Å². The molecule has 0 aliphatic rings. The number of ether oxygens (including phenoxy) is 1. The molecule has 0 amide bonds. The molecule has 37 heavy (non-hydrogen) atoms. The highest BCUT2D eigenvalue weighted by Gasteiger charge is 2.02. The van der Waals surface area contributed by atoms with Crippen molar-refractivity contribution in [1.82, 2.24) is 0 Å². The van der Waals surface area contributed by atoms with E-state index in [1.165, 1.54) is 148 Å². The van der Waals surface area contributed by atoms with Gasteiger partial charge in [0.05, 0.1) is 6.61 Å². The van der Waals surface area contributed by atoms with Crippen LogP contribution in [-0.2, 0) is 9.53 Å². The average Bonchev–Trinajstić information content (AvgIpc) is 2.90. The maximum atomic E-state index is 11.9. The summed E-state index contributed by atoms with van der Waals surface area (Å²) in [5, 5.41) is 0. The van der Waals surface area contributed by atoms with Crippen LogP contribution in [0.25, 0.3) is 0 Å². The molecule has 0 unspecified atom stereocenters. The van der Waals surface area contributed by atoms with Gasteiger partial charge in [0.1, 0.15) is 0 Å². The summed E-state index contributed by atoms with van der Waals surface area (Å²) in [6.07, 6.45) is 43.8. The van der Waals surface area contributed by atoms with E-state index in [1.54, 1.807) is 0 Å². The number of rotatable bonds is 30. The summed E-state index contributed by atoms with van der Waals surface area (Å²) < 4.78 is 5.40. The van der Waals surface area contributed by atoms with Gasteiger partial charge < -0.3 is 4.74 Å². The maximum Gasteiger partial charge on any atom is 0.305 e. The summed E-state index contributed by atoms with van der Waals surface area (Å²) >= 11 is 0. The van der Waals surface area contributed by atoms with Crippen LogP contribution in [0.4, 0.5) is 0 Å². The standard InChI is InChI=1S/C35H66O2/c1-3-5-7-9-11-13-15-17-18-19-20-22-24-26-28-30-32-34-37-35(36)33-31-29-27-25-23-21-16-14-12-10-8-6-4-2/h11,13,26,28H,3-10,12,14-25,27,29-34H2,1-2H3/b13-11-,28-26-. The Bertz CT molecular complexity index is 493. The van der Waals surface area contributed by atoms with Crippen LogP contribution < -0.4 is 0 Å². The fourth-order valence-electron chi connectivity index (χ4n) is 4.78. The molecule has 0 aromatic carbocycles. The Morgan fingerprint density at radius 3 is 1.22 bits per heavy atom. The lowest BCUT2D eigenvalue weighted by molar-refractivity contribution is -0.143. The zero-order valence-electron chi connectivity index (χ0n) is 25.4. The molecule has 2 heteroatoms. The van der Waals surface area contributed by atoms with Crippen LogP contribution in [0.5, 0.6) is 0 Å². The highest BCUT2D eigenvalue weighted by atomic mass is 16.5. The van der Waals surface area contributed by atoms with E-state index in [4.69, 9.17) is 4.74 Å². The number of esters is 1. The molecule has 0 bridgehead atoms. The van der Waals surface area contributed by atoms with E-state index in [0.29, 0.717) is 13.0 Å². The number of unbranched alkanes of at least 4 members (excludes halogenated alkanes) is 22. The highest BCUT2D eigenvalue weighted by molar-refractivity contribution is 5.69. The highest BCUT2D eigenvalue weighted by Crippen LogP contribution is 2.13. The van der Waals surface area contributed by atoms with E-state index in [-0.39, 0.29) is 5.97 Å². The van der Waals surface area contributed by atoms with Gasteiger partial charge in [0.2, 0.25) is 0 Å². The van der Waals surface area contributed by atoms with Gasteiger partial charge >= 0.3 is 5.97 Å². The first kappa shape index (κ1) is 35.9. The van der Waals surface area contributed by atoms with Crippen molar-refractivity contribution >= 4 is 5.97 Å². The van der Waals surface area contributed by atoms with Gasteiger partial charge in [0.25, 0.3) is 0 Å². The minimum Gasteiger partial charge on any atom is -0.466 e. The van der Waals surface area contributed by atoms with Crippen molar-refractivity contribution < 1.29 is 9.53 Å². The summed E-state index contributed by atoms with van der Waals surface area (Å²) in [5.41, 5.74) is 0. The van der Waals surface area contributed by atoms with Crippen LogP contribution >= 0.6 is 0 Å². The van der Waals surface area contributed by atoms with Crippen LogP contribution in [0.3, 0.4) is 0 Å². The summed E-state index contributed by atoms with van der Waals surface area (Å²) in [7, 11) is 0. The van der Waals surface area contributed by atoms with Gasteiger partial charge in [-0.05, 0) is 57.8 Å². The van der Waals surface area contributed by atoms with Crippen LogP contribution in [0.15, 0.2) is 24.3 Å². The fourth-order valence-corrected chi connectivity index (χ4v) is 4.78. The average molecular weight is 519 g/mol. The first-order chi connectivity index (χ1) is 18.3. The Kier molecular flexibility index (Phi) is 32.0. The number of carbonyl (C=O) groups excluding carboxylic acids is 1. The molecule has 2 nitrogen and oxygen atoms in total. The summed E-state index contributed by atoms with van der Waals surface area (Å²) in [6.45, 7) is 5.12. The van der Waals surface area contributed by atoms with E-state index in [1.807, 2.05) is 0 Å². The Balaban J connectivity index is 3.24. The Labute approximate surface area is 233 Å². The van der Waals surface area contributed by atoms with Gasteiger partial charge in [-0.25, -0.2) is 0 Å². The SMILES string of the molecule is CCCCC/C=C\CCCCCCC/C=C\CCCOC(=O)CCCCCCCCCCCCCCC. The van der Waals surface area contributed by atoms with Crippen molar-refractivity contribution in [2.24, 2.45) is 0 Å². The topological polar surface area (TPSA) is 26.3 Å². The zero-order chi connectivity index (χ0) is 26.9. The van der Waals surface area contributed by atoms with Gasteiger partial charge in [-0.1, -0.05) is 147 Å². The molecule has 0 saturated carbocycles. The minimum atomic E-state index is -0.000892. The number of hydrogen-bond acceptors (Lipinski definition) is 2. The third-order valence-electron chi connectivity index (χ3n) is 7.31. The third kappa shape index (κ3) is 32.9. The molecule has 218 valence electrons. The molecule has 0 aromatic rings. The lowest BCUT2D eigenvalue weighted by atomic mass is 10.0. The largest absolute Gasteiger partial charge is 0.466 e. The second-order valence-electron chi connectivity index (χ2n) is 11.1.